The molecule has 0 fully saturated rings. The van der Waals surface area contributed by atoms with Crippen LogP contribution in [0.3, 0.4) is 0 Å². The lowest BCUT2D eigenvalue weighted by Crippen LogP contribution is -1.96. The number of nitrogens with zero attached hydrogens (tertiary/aromatic N) is 9. The van der Waals surface area contributed by atoms with Crippen LogP contribution in [0.4, 0.5) is 5.69 Å². The Morgan fingerprint density at radius 3 is 0.659 bits per heavy atom. The summed E-state index contributed by atoms with van der Waals surface area (Å²) in [5.41, 5.74) is 30.7. The molecule has 85 heavy (non-hydrogen) atoms. The van der Waals surface area contributed by atoms with Crippen LogP contribution in [0.15, 0.2) is 292 Å². The summed E-state index contributed by atoms with van der Waals surface area (Å²) in [5.74, 6) is 0. The molecule has 0 radical (unpaired) electrons. The fourth-order valence-corrected chi connectivity index (χ4v) is 10.7. The molecule has 10 nitrogen and oxygen atoms in total. The molecule has 2 N–H and O–H groups in total. The van der Waals surface area contributed by atoms with E-state index in [0.717, 1.165) is 146 Å². The average Bonchev–Trinajstić information content (AvgIpc) is 2.56. The van der Waals surface area contributed by atoms with Crippen LogP contribution >= 0.6 is 0 Å². The summed E-state index contributed by atoms with van der Waals surface area (Å²) < 4.78 is 0. The highest BCUT2D eigenvalue weighted by Gasteiger charge is 2.20. The van der Waals surface area contributed by atoms with Crippen molar-refractivity contribution in [2.75, 3.05) is 5.73 Å². The van der Waals surface area contributed by atoms with Crippen molar-refractivity contribution in [3.05, 3.63) is 292 Å². The van der Waals surface area contributed by atoms with Crippen molar-refractivity contribution in [3.8, 4) is 146 Å². The van der Waals surface area contributed by atoms with Gasteiger partial charge in [-0.2, -0.15) is 0 Å². The molecule has 14 rings (SSSR count). The Labute approximate surface area is 491 Å². The summed E-state index contributed by atoms with van der Waals surface area (Å²) in [6.07, 6.45) is 10.8. The molecule has 9 aromatic heterocycles. The van der Waals surface area contributed by atoms with Gasteiger partial charge in [-0.05, 0) is 211 Å². The normalized spacial score (nSPS) is 11.1. The van der Waals surface area contributed by atoms with Gasteiger partial charge < -0.3 is 5.73 Å². The molecule has 0 bridgehead atoms. The van der Waals surface area contributed by atoms with E-state index in [4.69, 9.17) is 20.7 Å². The number of aromatic nitrogens is 9. The molecule has 9 heterocycles. The van der Waals surface area contributed by atoms with Gasteiger partial charge in [0.15, 0.2) is 0 Å². The molecule has 0 unspecified atom stereocenters. The molecule has 0 aliphatic rings. The number of hydrogen-bond acceptors (Lipinski definition) is 10. The second-order valence-corrected chi connectivity index (χ2v) is 20.5. The first kappa shape index (κ1) is 51.4. The second kappa shape index (κ2) is 23.0. The van der Waals surface area contributed by atoms with Crippen molar-refractivity contribution < 1.29 is 0 Å². The molecular formula is C75H50N10. The number of benzene rings is 5. The molecular weight excluding hydrogens is 1040 g/mol. The fourth-order valence-electron chi connectivity index (χ4n) is 10.7. The van der Waals surface area contributed by atoms with Gasteiger partial charge in [-0.25, -0.2) is 15.0 Å². The van der Waals surface area contributed by atoms with Crippen molar-refractivity contribution >= 4 is 5.69 Å². The van der Waals surface area contributed by atoms with E-state index in [-0.39, 0.29) is 0 Å². The summed E-state index contributed by atoms with van der Waals surface area (Å²) in [7, 11) is 0. The second-order valence-electron chi connectivity index (χ2n) is 20.5. The first-order chi connectivity index (χ1) is 42.0. The van der Waals surface area contributed by atoms with E-state index in [1.807, 2.05) is 121 Å². The molecule has 0 saturated carbocycles. The average molecular weight is 1090 g/mol. The number of nitrogens with two attached hydrogens (primary N) is 1. The Morgan fingerprint density at radius 2 is 0.412 bits per heavy atom. The molecule has 5 aromatic carbocycles. The predicted molar refractivity (Wildman–Crippen MR) is 342 cm³/mol. The van der Waals surface area contributed by atoms with Crippen molar-refractivity contribution in [1.29, 1.82) is 0 Å². The smallest absolute Gasteiger partial charge is 0.0900 e. The monoisotopic (exact) mass is 1090 g/mol. The minimum atomic E-state index is 0.697. The molecule has 0 atom stereocenters. The maximum absolute atomic E-state index is 6.34. The van der Waals surface area contributed by atoms with E-state index < -0.39 is 0 Å². The van der Waals surface area contributed by atoms with Crippen LogP contribution in [0.5, 0.6) is 0 Å². The van der Waals surface area contributed by atoms with Gasteiger partial charge in [0.05, 0.1) is 68.3 Å². The van der Waals surface area contributed by atoms with Crippen LogP contribution in [0.25, 0.3) is 146 Å². The Hall–Kier alpha value is -11.8. The standard InChI is InChI=1S/C75H50N10/c76-60-33-31-52(32-34-60)56-41-61(53-25-19-49(20-26-53)57-43-69(63-13-1-7-35-77-63)83-70(44-57)64-14-2-8-36-78-64)75(55-29-23-51(24-30-55)59-47-73(67-17-5-11-39-81-67)85-74(48-59)68-18-6-12-40-82-68)62(42-56)54-27-21-50(22-28-54)58-45-71(65-15-3-9-37-79-65)84-72(46-58)66-16-4-10-38-80-66/h1-48H,76H2. The maximum Gasteiger partial charge on any atom is 0.0900 e. The molecule has 0 aliphatic heterocycles. The van der Waals surface area contributed by atoms with Gasteiger partial charge in [0, 0.05) is 42.9 Å². The molecule has 400 valence electrons. The summed E-state index contributed by atoms with van der Waals surface area (Å²) in [5, 5.41) is 0. The highest BCUT2D eigenvalue weighted by molar-refractivity contribution is 5.99. The summed E-state index contributed by atoms with van der Waals surface area (Å²) in [6, 6.07) is 87.2. The molecule has 14 aromatic rings. The minimum absolute atomic E-state index is 0.697. The zero-order chi connectivity index (χ0) is 56.9. The number of nitrogen functional groups attached to an aromatic ring is 1. The lowest BCUT2D eigenvalue weighted by Gasteiger charge is -2.20. The van der Waals surface area contributed by atoms with Crippen molar-refractivity contribution in [1.82, 2.24) is 44.9 Å². The van der Waals surface area contributed by atoms with Crippen LogP contribution in [0.1, 0.15) is 0 Å². The molecule has 0 saturated heterocycles. The van der Waals surface area contributed by atoms with E-state index >= 15 is 0 Å². The molecule has 0 spiro atoms. The SMILES string of the molecule is Nc1ccc(-c2cc(-c3ccc(-c4cc(-c5ccccn5)nc(-c5ccccn5)c4)cc3)c(-c3ccc(-c4cc(-c5ccccn5)nc(-c5ccccn5)c4)cc3)c(-c3ccc(-c4cc(-c5ccccn5)nc(-c5ccccn5)c4)cc3)c2)cc1. The minimum Gasteiger partial charge on any atom is -0.399 e. The van der Waals surface area contributed by atoms with Gasteiger partial charge in [-0.3, -0.25) is 29.9 Å². The third-order valence-electron chi connectivity index (χ3n) is 15.0. The maximum atomic E-state index is 6.34. The third kappa shape index (κ3) is 11.0. The molecule has 10 heteroatoms. The van der Waals surface area contributed by atoms with Gasteiger partial charge in [0.25, 0.3) is 0 Å². The quantitative estimate of drug-likeness (QED) is 0.111. The zero-order valence-electron chi connectivity index (χ0n) is 45.8. The van der Waals surface area contributed by atoms with E-state index in [9.17, 15) is 0 Å². The third-order valence-corrected chi connectivity index (χ3v) is 15.0. The van der Waals surface area contributed by atoms with Gasteiger partial charge in [-0.15, -0.1) is 0 Å². The van der Waals surface area contributed by atoms with Crippen molar-refractivity contribution in [2.45, 2.75) is 0 Å². The zero-order valence-corrected chi connectivity index (χ0v) is 45.8. The van der Waals surface area contributed by atoms with Gasteiger partial charge in [0.2, 0.25) is 0 Å². The van der Waals surface area contributed by atoms with Crippen molar-refractivity contribution in [2.24, 2.45) is 0 Å². The van der Waals surface area contributed by atoms with Gasteiger partial charge >= 0.3 is 0 Å². The van der Waals surface area contributed by atoms with Crippen LogP contribution in [-0.2, 0) is 0 Å². The van der Waals surface area contributed by atoms with Crippen LogP contribution in [-0.4, -0.2) is 44.9 Å². The summed E-state index contributed by atoms with van der Waals surface area (Å²) in [6.45, 7) is 0. The highest BCUT2D eigenvalue weighted by atomic mass is 14.8. The highest BCUT2D eigenvalue weighted by Crippen LogP contribution is 2.45. The largest absolute Gasteiger partial charge is 0.399 e. The Bertz CT molecular complexity index is 4270. The topological polar surface area (TPSA) is 142 Å². The van der Waals surface area contributed by atoms with E-state index in [0.29, 0.717) is 5.69 Å². The van der Waals surface area contributed by atoms with E-state index in [1.165, 1.54) is 0 Å². The first-order valence-electron chi connectivity index (χ1n) is 27.9. The van der Waals surface area contributed by atoms with E-state index in [1.54, 1.807) is 37.2 Å². The van der Waals surface area contributed by atoms with Gasteiger partial charge in [0.1, 0.15) is 0 Å². The Balaban J connectivity index is 0.938. The molecule has 0 aliphatic carbocycles. The Morgan fingerprint density at radius 1 is 0.188 bits per heavy atom. The first-order valence-corrected chi connectivity index (χ1v) is 27.9. The lowest BCUT2D eigenvalue weighted by atomic mass is 9.83. The van der Waals surface area contributed by atoms with Crippen LogP contribution in [0, 0.1) is 0 Å². The van der Waals surface area contributed by atoms with Gasteiger partial charge in [-0.1, -0.05) is 121 Å². The Kier molecular flexibility index (Phi) is 13.9. The van der Waals surface area contributed by atoms with Crippen LogP contribution < -0.4 is 5.73 Å². The predicted octanol–water partition coefficient (Wildman–Crippen LogP) is 17.5. The molecule has 0 amide bonds. The summed E-state index contributed by atoms with van der Waals surface area (Å²) in [4.78, 5) is 43.3. The van der Waals surface area contributed by atoms with Crippen molar-refractivity contribution in [3.63, 3.8) is 0 Å². The number of rotatable bonds is 13. The van der Waals surface area contributed by atoms with Crippen LogP contribution in [0.2, 0.25) is 0 Å². The fraction of sp³-hybridized carbons (Fsp3) is 0. The number of anilines is 1. The number of hydrogen-bond donors (Lipinski definition) is 1. The number of pyridine rings is 9. The lowest BCUT2D eigenvalue weighted by molar-refractivity contribution is 1.22. The van der Waals surface area contributed by atoms with E-state index in [2.05, 4.69) is 163 Å². The summed E-state index contributed by atoms with van der Waals surface area (Å²) >= 11 is 0.